The molecule has 0 radical (unpaired) electrons. The van der Waals surface area contributed by atoms with Gasteiger partial charge < -0.3 is 15.8 Å². The van der Waals surface area contributed by atoms with Crippen molar-refractivity contribution in [3.63, 3.8) is 0 Å². The Morgan fingerprint density at radius 2 is 2.21 bits per heavy atom. The Hall–Kier alpha value is -2.94. The van der Waals surface area contributed by atoms with Crippen LogP contribution in [0.5, 0.6) is 0 Å². The van der Waals surface area contributed by atoms with Crippen LogP contribution < -0.4 is 16.5 Å². The molecule has 0 atom stereocenters. The van der Waals surface area contributed by atoms with Gasteiger partial charge in [0, 0.05) is 13.6 Å². The van der Waals surface area contributed by atoms with Gasteiger partial charge in [-0.15, -0.1) is 0 Å². The molecule has 1 aromatic rings. The molecule has 0 bridgehead atoms. The van der Waals surface area contributed by atoms with Crippen LogP contribution in [-0.2, 0) is 16.1 Å². The van der Waals surface area contributed by atoms with Gasteiger partial charge in [-0.1, -0.05) is 11.8 Å². The number of nitrogens with two attached hydrogens (primary N) is 1. The van der Waals surface area contributed by atoms with Crippen LogP contribution in [0.3, 0.4) is 0 Å². The van der Waals surface area contributed by atoms with Crippen molar-refractivity contribution < 1.29 is 14.7 Å². The number of nitriles is 1. The number of carbonyl (C=O) groups excluding carboxylic acids is 1. The molecule has 1 rings (SSSR count). The van der Waals surface area contributed by atoms with E-state index in [1.54, 1.807) is 31.4 Å². The van der Waals surface area contributed by atoms with Gasteiger partial charge in [-0.2, -0.15) is 5.26 Å². The molecule has 150 valence electrons. The summed E-state index contributed by atoms with van der Waals surface area (Å²) in [5.74, 6) is -0.388. The van der Waals surface area contributed by atoms with E-state index in [0.29, 0.717) is 35.1 Å². The average molecular weight is 405 g/mol. The van der Waals surface area contributed by atoms with Crippen LogP contribution in [-0.4, -0.2) is 54.5 Å². The Kier molecular flexibility index (Phi) is 10.3. The number of nitrogens with one attached hydrogen (secondary N) is 2. The molecule has 10 nitrogen and oxygen atoms in total. The minimum absolute atomic E-state index is 0.0119. The SMILES string of the molecule is CCOC(=O)CNCc1cc(C#N)ccc1N=C(N=C(N)C(=NC)NO)SC. The molecule has 0 aliphatic heterocycles. The first kappa shape index (κ1) is 23.1. The number of nitrogens with zero attached hydrogens (tertiary/aromatic N) is 4. The molecule has 11 heteroatoms. The molecule has 0 saturated carbocycles. The summed E-state index contributed by atoms with van der Waals surface area (Å²) < 4.78 is 4.87. The van der Waals surface area contributed by atoms with Crippen molar-refractivity contribution in [2.45, 2.75) is 13.5 Å². The summed E-state index contributed by atoms with van der Waals surface area (Å²) in [6.45, 7) is 2.38. The fraction of sp³-hybridized carbons (Fsp3) is 0.353. The summed E-state index contributed by atoms with van der Waals surface area (Å²) in [6, 6.07) is 7.06. The Morgan fingerprint density at radius 3 is 2.79 bits per heavy atom. The second kappa shape index (κ2) is 12.4. The molecule has 0 aliphatic carbocycles. The highest BCUT2D eigenvalue weighted by atomic mass is 32.2. The highest BCUT2D eigenvalue weighted by molar-refractivity contribution is 8.13. The fourth-order valence-electron chi connectivity index (χ4n) is 2.01. The summed E-state index contributed by atoms with van der Waals surface area (Å²) in [5.41, 5.74) is 9.37. The Balaban J connectivity index is 3.13. The van der Waals surface area contributed by atoms with E-state index in [1.807, 2.05) is 5.48 Å². The minimum atomic E-state index is -0.367. The van der Waals surface area contributed by atoms with Gasteiger partial charge in [0.25, 0.3) is 0 Å². The van der Waals surface area contributed by atoms with Crippen LogP contribution in [0, 0.1) is 11.3 Å². The van der Waals surface area contributed by atoms with Gasteiger partial charge in [-0.05, 0) is 36.9 Å². The second-order valence-electron chi connectivity index (χ2n) is 5.14. The van der Waals surface area contributed by atoms with Crippen LogP contribution in [0.25, 0.3) is 0 Å². The van der Waals surface area contributed by atoms with E-state index in [0.717, 1.165) is 0 Å². The van der Waals surface area contributed by atoms with Gasteiger partial charge in [0.2, 0.25) is 0 Å². The lowest BCUT2D eigenvalue weighted by Crippen LogP contribution is -2.35. The predicted molar refractivity (Wildman–Crippen MR) is 110 cm³/mol. The number of esters is 1. The molecule has 0 fully saturated rings. The van der Waals surface area contributed by atoms with Crippen molar-refractivity contribution in [3.05, 3.63) is 29.3 Å². The molecule has 1 aromatic carbocycles. The zero-order valence-corrected chi connectivity index (χ0v) is 16.7. The van der Waals surface area contributed by atoms with Crippen molar-refractivity contribution in [3.8, 4) is 6.07 Å². The van der Waals surface area contributed by atoms with E-state index in [9.17, 15) is 4.79 Å². The van der Waals surface area contributed by atoms with E-state index in [-0.39, 0.29) is 24.2 Å². The van der Waals surface area contributed by atoms with E-state index in [4.69, 9.17) is 20.9 Å². The molecule has 0 heterocycles. The van der Waals surface area contributed by atoms with Gasteiger partial charge in [0.15, 0.2) is 16.8 Å². The smallest absolute Gasteiger partial charge is 0.319 e. The third-order valence-corrected chi connectivity index (χ3v) is 3.83. The zero-order valence-electron chi connectivity index (χ0n) is 15.9. The normalized spacial score (nSPS) is 12.5. The summed E-state index contributed by atoms with van der Waals surface area (Å²) in [5, 5.41) is 21.4. The summed E-state index contributed by atoms with van der Waals surface area (Å²) in [7, 11) is 1.45. The Bertz CT molecular complexity index is 815. The number of hydrogen-bond donors (Lipinski definition) is 4. The van der Waals surface area contributed by atoms with Crippen molar-refractivity contribution in [2.75, 3.05) is 26.5 Å². The van der Waals surface area contributed by atoms with Crippen molar-refractivity contribution in [1.29, 1.82) is 5.26 Å². The molecule has 0 saturated heterocycles. The molecule has 0 aliphatic rings. The largest absolute Gasteiger partial charge is 0.465 e. The van der Waals surface area contributed by atoms with Crippen molar-refractivity contribution in [2.24, 2.45) is 20.7 Å². The monoisotopic (exact) mass is 405 g/mol. The van der Waals surface area contributed by atoms with Crippen molar-refractivity contribution >= 4 is 40.3 Å². The lowest BCUT2D eigenvalue weighted by atomic mass is 10.1. The third kappa shape index (κ3) is 7.36. The number of hydrogen-bond acceptors (Lipinski definition) is 8. The van der Waals surface area contributed by atoms with E-state index < -0.39 is 0 Å². The van der Waals surface area contributed by atoms with Gasteiger partial charge in [-0.25, -0.2) is 15.5 Å². The van der Waals surface area contributed by atoms with E-state index >= 15 is 0 Å². The van der Waals surface area contributed by atoms with Crippen LogP contribution in [0.1, 0.15) is 18.1 Å². The maximum Gasteiger partial charge on any atom is 0.319 e. The quantitative estimate of drug-likeness (QED) is 0.235. The van der Waals surface area contributed by atoms with E-state index in [2.05, 4.69) is 26.4 Å². The summed E-state index contributed by atoms with van der Waals surface area (Å²) in [4.78, 5) is 23.8. The fourth-order valence-corrected chi connectivity index (χ4v) is 2.39. The molecule has 0 unspecified atom stereocenters. The van der Waals surface area contributed by atoms with Crippen LogP contribution >= 0.6 is 11.8 Å². The molecular formula is C17H23N7O3S. The van der Waals surface area contributed by atoms with Gasteiger partial charge in [0.05, 0.1) is 30.5 Å². The molecular weight excluding hydrogens is 382 g/mol. The van der Waals surface area contributed by atoms with Gasteiger partial charge in [-0.3, -0.25) is 15.0 Å². The number of ether oxygens (including phenoxy) is 1. The lowest BCUT2D eigenvalue weighted by Gasteiger charge is -2.09. The van der Waals surface area contributed by atoms with Crippen molar-refractivity contribution in [1.82, 2.24) is 10.8 Å². The number of benzene rings is 1. The molecule has 0 spiro atoms. The lowest BCUT2D eigenvalue weighted by molar-refractivity contribution is -0.142. The summed E-state index contributed by atoms with van der Waals surface area (Å²) in [6.07, 6.45) is 1.77. The number of amidine groups is 3. The standard InChI is InChI=1S/C17H23N7O3S/c1-4-27-14(25)10-21-9-12-7-11(8-18)5-6-13(12)22-17(28-3)23-15(19)16(20-2)24-26/h5-7,21,26H,4,9-10H2,1-3H3,(H,20,24)(H2,19,22,23). The average Bonchev–Trinajstić information content (AvgIpc) is 2.69. The zero-order chi connectivity index (χ0) is 20.9. The predicted octanol–water partition coefficient (Wildman–Crippen LogP) is 0.926. The number of carbonyl (C=O) groups is 1. The van der Waals surface area contributed by atoms with Crippen LogP contribution in [0.2, 0.25) is 0 Å². The topological polar surface area (TPSA) is 157 Å². The van der Waals surface area contributed by atoms with Gasteiger partial charge >= 0.3 is 5.97 Å². The summed E-state index contributed by atoms with van der Waals surface area (Å²) >= 11 is 1.24. The highest BCUT2D eigenvalue weighted by Crippen LogP contribution is 2.22. The number of hydroxylamine groups is 1. The van der Waals surface area contributed by atoms with Crippen LogP contribution in [0.4, 0.5) is 5.69 Å². The molecule has 5 N–H and O–H groups in total. The molecule has 0 amide bonds. The van der Waals surface area contributed by atoms with Gasteiger partial charge in [0.1, 0.15) is 0 Å². The molecule has 28 heavy (non-hydrogen) atoms. The maximum absolute atomic E-state index is 11.5. The number of aliphatic imine (C=N–C) groups is 3. The number of thioether (sulfide) groups is 1. The first-order valence-electron chi connectivity index (χ1n) is 8.22. The Morgan fingerprint density at radius 1 is 1.46 bits per heavy atom. The first-order valence-corrected chi connectivity index (χ1v) is 9.44. The highest BCUT2D eigenvalue weighted by Gasteiger charge is 2.09. The number of rotatable bonds is 6. The second-order valence-corrected chi connectivity index (χ2v) is 5.92. The maximum atomic E-state index is 11.5. The third-order valence-electron chi connectivity index (χ3n) is 3.29. The molecule has 0 aromatic heterocycles. The minimum Gasteiger partial charge on any atom is -0.465 e. The van der Waals surface area contributed by atoms with Crippen LogP contribution in [0.15, 0.2) is 33.2 Å². The first-order chi connectivity index (χ1) is 13.5. The Labute approximate surface area is 167 Å². The van der Waals surface area contributed by atoms with E-state index in [1.165, 1.54) is 18.8 Å².